The Bertz CT molecular complexity index is 1130. The van der Waals surface area contributed by atoms with Gasteiger partial charge in [-0.15, -0.1) is 0 Å². The molecule has 3 aromatic rings. The summed E-state index contributed by atoms with van der Waals surface area (Å²) in [5.41, 5.74) is 2.78. The molecule has 0 bridgehead atoms. The molecule has 9 heteroatoms. The largest absolute Gasteiger partial charge is 0.493 e. The summed E-state index contributed by atoms with van der Waals surface area (Å²) in [6.45, 7) is 5.63. The first kappa shape index (κ1) is 24.4. The molecule has 2 aromatic carbocycles. The van der Waals surface area contributed by atoms with Gasteiger partial charge < -0.3 is 29.0 Å². The van der Waals surface area contributed by atoms with Crippen molar-refractivity contribution in [1.82, 2.24) is 10.1 Å². The number of methoxy groups -OCH3 is 3. The molecule has 2 heterocycles. The van der Waals surface area contributed by atoms with E-state index in [0.29, 0.717) is 66.6 Å². The number of nitrogens with one attached hydrogen (secondary N) is 1. The van der Waals surface area contributed by atoms with E-state index in [0.717, 1.165) is 5.56 Å². The van der Waals surface area contributed by atoms with Crippen LogP contribution in [0.5, 0.6) is 17.2 Å². The highest BCUT2D eigenvalue weighted by Gasteiger charge is 2.28. The first-order valence-corrected chi connectivity index (χ1v) is 11.7. The first-order chi connectivity index (χ1) is 16.9. The zero-order valence-electron chi connectivity index (χ0n) is 20.8. The van der Waals surface area contributed by atoms with Gasteiger partial charge in [-0.2, -0.15) is 4.98 Å². The molecule has 0 spiro atoms. The highest BCUT2D eigenvalue weighted by atomic mass is 16.5. The van der Waals surface area contributed by atoms with Crippen molar-refractivity contribution >= 4 is 17.6 Å². The fraction of sp³-hybridized carbons (Fsp3) is 0.423. The lowest BCUT2D eigenvalue weighted by Crippen LogP contribution is -2.38. The molecule has 35 heavy (non-hydrogen) atoms. The van der Waals surface area contributed by atoms with Crippen LogP contribution in [0.3, 0.4) is 0 Å². The average molecular weight is 481 g/mol. The SMILES string of the molecule is COc1cc(NC(=O)C2CCN(c3nc(-c4ccc(C(C)C)cc4)no3)CC2)cc(OC)c1OC. The van der Waals surface area contributed by atoms with E-state index in [1.165, 1.54) is 5.56 Å². The summed E-state index contributed by atoms with van der Waals surface area (Å²) in [5, 5.41) is 7.13. The second-order valence-corrected chi connectivity index (χ2v) is 8.84. The molecule has 1 fully saturated rings. The van der Waals surface area contributed by atoms with Crippen molar-refractivity contribution in [2.75, 3.05) is 44.6 Å². The Morgan fingerprint density at radius 3 is 2.20 bits per heavy atom. The third-order valence-corrected chi connectivity index (χ3v) is 6.32. The van der Waals surface area contributed by atoms with Crippen LogP contribution in [0.4, 0.5) is 11.7 Å². The monoisotopic (exact) mass is 480 g/mol. The van der Waals surface area contributed by atoms with Crippen LogP contribution in [0.15, 0.2) is 40.9 Å². The van der Waals surface area contributed by atoms with Crippen molar-refractivity contribution in [3.63, 3.8) is 0 Å². The van der Waals surface area contributed by atoms with Gasteiger partial charge in [0.1, 0.15) is 0 Å². The molecule has 0 radical (unpaired) electrons. The van der Waals surface area contributed by atoms with Crippen molar-refractivity contribution in [1.29, 1.82) is 0 Å². The summed E-state index contributed by atoms with van der Waals surface area (Å²) in [7, 11) is 4.63. The van der Waals surface area contributed by atoms with E-state index in [1.807, 2.05) is 17.0 Å². The standard InChI is InChI=1S/C26H32N4O5/c1-16(2)17-6-8-18(9-7-17)24-28-26(35-29-24)30-12-10-19(11-13-30)25(31)27-20-14-21(32-3)23(34-5)22(15-20)33-4/h6-9,14-16,19H,10-13H2,1-5H3,(H,27,31). The molecule has 1 N–H and O–H groups in total. The van der Waals surface area contributed by atoms with Gasteiger partial charge >= 0.3 is 6.01 Å². The zero-order valence-corrected chi connectivity index (χ0v) is 20.8. The predicted molar refractivity (Wildman–Crippen MR) is 133 cm³/mol. The van der Waals surface area contributed by atoms with Crippen LogP contribution in [-0.4, -0.2) is 50.5 Å². The smallest absolute Gasteiger partial charge is 0.324 e. The maximum atomic E-state index is 12.9. The summed E-state index contributed by atoms with van der Waals surface area (Å²) >= 11 is 0. The lowest BCUT2D eigenvalue weighted by molar-refractivity contribution is -0.120. The highest BCUT2D eigenvalue weighted by Crippen LogP contribution is 2.40. The topological polar surface area (TPSA) is 99.0 Å². The second kappa shape index (κ2) is 10.7. The van der Waals surface area contributed by atoms with Crippen LogP contribution < -0.4 is 24.4 Å². The summed E-state index contributed by atoms with van der Waals surface area (Å²) in [5.74, 6) is 2.32. The van der Waals surface area contributed by atoms with Gasteiger partial charge in [0.2, 0.25) is 17.5 Å². The third kappa shape index (κ3) is 5.34. The Labute approximate surface area is 205 Å². The Kier molecular flexibility index (Phi) is 7.43. The maximum absolute atomic E-state index is 12.9. The summed E-state index contributed by atoms with van der Waals surface area (Å²) in [6.07, 6.45) is 1.36. The van der Waals surface area contributed by atoms with Gasteiger partial charge in [0, 0.05) is 42.4 Å². The molecular weight excluding hydrogens is 448 g/mol. The fourth-order valence-electron chi connectivity index (χ4n) is 4.21. The van der Waals surface area contributed by atoms with Crippen molar-refractivity contribution in [3.8, 4) is 28.6 Å². The van der Waals surface area contributed by atoms with Crippen molar-refractivity contribution < 1.29 is 23.5 Å². The van der Waals surface area contributed by atoms with E-state index >= 15 is 0 Å². The molecule has 1 amide bonds. The van der Waals surface area contributed by atoms with E-state index < -0.39 is 0 Å². The van der Waals surface area contributed by atoms with E-state index in [2.05, 4.69) is 41.4 Å². The number of aromatic nitrogens is 2. The van der Waals surface area contributed by atoms with Gasteiger partial charge in [-0.25, -0.2) is 0 Å². The van der Waals surface area contributed by atoms with E-state index in [-0.39, 0.29) is 11.8 Å². The minimum atomic E-state index is -0.128. The van der Waals surface area contributed by atoms with E-state index in [9.17, 15) is 4.79 Å². The lowest BCUT2D eigenvalue weighted by Gasteiger charge is -2.29. The fourth-order valence-corrected chi connectivity index (χ4v) is 4.21. The van der Waals surface area contributed by atoms with Gasteiger partial charge in [-0.3, -0.25) is 4.79 Å². The molecule has 0 unspecified atom stereocenters. The molecule has 9 nitrogen and oxygen atoms in total. The second-order valence-electron chi connectivity index (χ2n) is 8.84. The van der Waals surface area contributed by atoms with E-state index in [1.54, 1.807) is 33.5 Å². The predicted octanol–water partition coefficient (Wildman–Crippen LogP) is 4.74. The molecule has 186 valence electrons. The van der Waals surface area contributed by atoms with Gasteiger partial charge in [0.15, 0.2) is 11.5 Å². The minimum absolute atomic E-state index is 0.0459. The zero-order chi connectivity index (χ0) is 24.9. The molecule has 1 saturated heterocycles. The number of piperidine rings is 1. The summed E-state index contributed by atoms with van der Waals surface area (Å²) in [6, 6.07) is 12.1. The van der Waals surface area contributed by atoms with Gasteiger partial charge in [-0.1, -0.05) is 43.3 Å². The Balaban J connectivity index is 1.36. The highest BCUT2D eigenvalue weighted by molar-refractivity contribution is 5.93. The summed E-state index contributed by atoms with van der Waals surface area (Å²) in [4.78, 5) is 19.5. The molecule has 0 atom stereocenters. The van der Waals surface area contributed by atoms with Crippen molar-refractivity contribution in [2.24, 2.45) is 5.92 Å². The Morgan fingerprint density at radius 2 is 1.66 bits per heavy atom. The van der Waals surface area contributed by atoms with Gasteiger partial charge in [0.05, 0.1) is 21.3 Å². The normalized spacial score (nSPS) is 14.2. The lowest BCUT2D eigenvalue weighted by atomic mass is 9.96. The number of amides is 1. The van der Waals surface area contributed by atoms with Crippen LogP contribution in [0.2, 0.25) is 0 Å². The molecule has 1 aliphatic heterocycles. The molecular formula is C26H32N4O5. The van der Waals surface area contributed by atoms with Gasteiger partial charge in [-0.05, 0) is 24.3 Å². The molecule has 1 aromatic heterocycles. The molecule has 4 rings (SSSR count). The van der Waals surface area contributed by atoms with Gasteiger partial charge in [0.25, 0.3) is 0 Å². The van der Waals surface area contributed by atoms with Crippen LogP contribution in [0.25, 0.3) is 11.4 Å². The third-order valence-electron chi connectivity index (χ3n) is 6.32. The maximum Gasteiger partial charge on any atom is 0.324 e. The number of rotatable bonds is 8. The van der Waals surface area contributed by atoms with Crippen molar-refractivity contribution in [3.05, 3.63) is 42.0 Å². The number of hydrogen-bond acceptors (Lipinski definition) is 8. The van der Waals surface area contributed by atoms with Crippen molar-refractivity contribution in [2.45, 2.75) is 32.6 Å². The number of anilines is 2. The number of carbonyl (C=O) groups is 1. The Morgan fingerprint density at radius 1 is 1.03 bits per heavy atom. The number of ether oxygens (including phenoxy) is 3. The van der Waals surface area contributed by atoms with Crippen LogP contribution in [0.1, 0.15) is 38.2 Å². The number of nitrogens with zero attached hydrogens (tertiary/aromatic N) is 3. The average Bonchev–Trinajstić information content (AvgIpc) is 3.38. The van der Waals surface area contributed by atoms with Crippen LogP contribution in [-0.2, 0) is 4.79 Å². The number of benzene rings is 2. The first-order valence-electron chi connectivity index (χ1n) is 11.7. The number of carbonyl (C=O) groups excluding carboxylic acids is 1. The summed E-state index contributed by atoms with van der Waals surface area (Å²) < 4.78 is 21.6. The van der Waals surface area contributed by atoms with Crippen LogP contribution in [0, 0.1) is 5.92 Å². The van der Waals surface area contributed by atoms with Crippen LogP contribution >= 0.6 is 0 Å². The molecule has 1 aliphatic rings. The van der Waals surface area contributed by atoms with E-state index in [4.69, 9.17) is 18.7 Å². The molecule has 0 saturated carbocycles. The Hall–Kier alpha value is -3.75. The minimum Gasteiger partial charge on any atom is -0.493 e. The molecule has 0 aliphatic carbocycles. The quantitative estimate of drug-likeness (QED) is 0.494. The number of hydrogen-bond donors (Lipinski definition) is 1.